The van der Waals surface area contributed by atoms with E-state index >= 15 is 0 Å². The number of benzene rings is 2. The number of carbonyl (C=O) groups is 1. The summed E-state index contributed by atoms with van der Waals surface area (Å²) in [5, 5.41) is 0. The number of para-hydroxylation sites is 1. The van der Waals surface area contributed by atoms with Gasteiger partial charge in [0.2, 0.25) is 0 Å². The quantitative estimate of drug-likeness (QED) is 0.276. The van der Waals surface area contributed by atoms with Gasteiger partial charge >= 0.3 is 10.2 Å². The van der Waals surface area contributed by atoms with Crippen LogP contribution in [-0.2, 0) is 21.5 Å². The molecule has 2 aliphatic heterocycles. The number of hydrogen-bond donors (Lipinski definition) is 2. The molecule has 11 heteroatoms. The molecule has 1 amide bonds. The van der Waals surface area contributed by atoms with Crippen LogP contribution in [0.15, 0.2) is 54.6 Å². The number of nitrogens with two attached hydrogens (primary N) is 1. The summed E-state index contributed by atoms with van der Waals surface area (Å²) in [6.07, 6.45) is 0. The summed E-state index contributed by atoms with van der Waals surface area (Å²) in [4.78, 5) is 16.5. The fraction of sp³-hybridized carbons (Fsp3) is 0.458. The van der Waals surface area contributed by atoms with E-state index < -0.39 is 16.1 Å². The van der Waals surface area contributed by atoms with Gasteiger partial charge in [0, 0.05) is 51.9 Å². The molecule has 0 bridgehead atoms. The largest absolute Gasteiger partial charge is 0.378 e. The van der Waals surface area contributed by atoms with Crippen LogP contribution < -0.4 is 15.6 Å². The second kappa shape index (κ2) is 11.5. The van der Waals surface area contributed by atoms with Crippen LogP contribution >= 0.6 is 0 Å². The molecule has 0 unspecified atom stereocenters. The van der Waals surface area contributed by atoms with E-state index in [1.807, 2.05) is 18.2 Å². The highest BCUT2D eigenvalue weighted by Crippen LogP contribution is 2.23. The van der Waals surface area contributed by atoms with E-state index in [0.717, 1.165) is 45.0 Å². The first kappa shape index (κ1) is 25.5. The van der Waals surface area contributed by atoms with Crippen molar-refractivity contribution in [2.75, 3.05) is 63.8 Å². The molecule has 2 fully saturated rings. The average Bonchev–Trinajstić information content (AvgIpc) is 2.86. The summed E-state index contributed by atoms with van der Waals surface area (Å²) in [6, 6.07) is 16.3. The van der Waals surface area contributed by atoms with Crippen molar-refractivity contribution < 1.29 is 17.9 Å². The fourth-order valence-corrected chi connectivity index (χ4v) is 5.61. The number of nitrogen functional groups attached to an aromatic ring is 1. The van der Waals surface area contributed by atoms with Gasteiger partial charge in [0.25, 0.3) is 5.91 Å². The van der Waals surface area contributed by atoms with E-state index in [-0.39, 0.29) is 6.54 Å². The molecule has 3 N–H and O–H groups in total. The van der Waals surface area contributed by atoms with Crippen molar-refractivity contribution in [3.05, 3.63) is 65.7 Å². The monoisotopic (exact) mass is 502 g/mol. The summed E-state index contributed by atoms with van der Waals surface area (Å²) in [5.41, 5.74) is 3.85. The van der Waals surface area contributed by atoms with Crippen molar-refractivity contribution in [1.29, 1.82) is 0 Å². The SMILES string of the molecule is CN(CCN1CCN(C2COC2)CC1)S(=O)(=O)N(Cc1ccc(C(=O)NN)cc1)c1ccccc1. The second-order valence-corrected chi connectivity index (χ2v) is 10.9. The van der Waals surface area contributed by atoms with Gasteiger partial charge in [0.15, 0.2) is 0 Å². The molecular formula is C24H34N6O4S. The molecule has 4 rings (SSSR count). The number of ether oxygens (including phenoxy) is 1. The number of anilines is 1. The van der Waals surface area contributed by atoms with Gasteiger partial charge < -0.3 is 4.74 Å². The zero-order valence-electron chi connectivity index (χ0n) is 20.0. The number of hydrogen-bond acceptors (Lipinski definition) is 7. The normalized spacial score (nSPS) is 17.8. The predicted octanol–water partition coefficient (Wildman–Crippen LogP) is 0.490. The van der Waals surface area contributed by atoms with Crippen LogP contribution in [0.1, 0.15) is 15.9 Å². The van der Waals surface area contributed by atoms with E-state index in [1.165, 1.54) is 8.61 Å². The Morgan fingerprint density at radius 1 is 1.06 bits per heavy atom. The molecule has 2 heterocycles. The first-order valence-electron chi connectivity index (χ1n) is 11.8. The van der Waals surface area contributed by atoms with Crippen molar-refractivity contribution in [3.63, 3.8) is 0 Å². The van der Waals surface area contributed by atoms with Crippen molar-refractivity contribution in [1.82, 2.24) is 19.5 Å². The lowest BCUT2D eigenvalue weighted by atomic mass is 10.1. The Morgan fingerprint density at radius 2 is 1.71 bits per heavy atom. The predicted molar refractivity (Wildman–Crippen MR) is 135 cm³/mol. The number of amides is 1. The van der Waals surface area contributed by atoms with E-state index in [2.05, 4.69) is 15.2 Å². The number of rotatable bonds is 10. The minimum Gasteiger partial charge on any atom is -0.378 e. The third-order valence-corrected chi connectivity index (χ3v) is 8.53. The Hall–Kier alpha value is -2.54. The molecule has 2 aromatic carbocycles. The minimum atomic E-state index is -3.79. The molecule has 190 valence electrons. The van der Waals surface area contributed by atoms with Gasteiger partial charge in [-0.1, -0.05) is 30.3 Å². The Bertz CT molecular complexity index is 1070. The van der Waals surface area contributed by atoms with Crippen LogP contribution in [0.3, 0.4) is 0 Å². The molecular weight excluding hydrogens is 468 g/mol. The van der Waals surface area contributed by atoms with Crippen molar-refractivity contribution in [3.8, 4) is 0 Å². The number of carbonyl (C=O) groups excluding carboxylic acids is 1. The van der Waals surface area contributed by atoms with Gasteiger partial charge in [-0.25, -0.2) is 5.84 Å². The molecule has 0 radical (unpaired) electrons. The minimum absolute atomic E-state index is 0.142. The van der Waals surface area contributed by atoms with Gasteiger partial charge in [-0.2, -0.15) is 12.7 Å². The van der Waals surface area contributed by atoms with E-state index in [0.29, 0.717) is 30.4 Å². The molecule has 2 aromatic rings. The van der Waals surface area contributed by atoms with Crippen molar-refractivity contribution in [2.24, 2.45) is 5.84 Å². The topological polar surface area (TPSA) is 111 Å². The van der Waals surface area contributed by atoms with Crippen LogP contribution in [0.4, 0.5) is 5.69 Å². The number of nitrogens with one attached hydrogen (secondary N) is 1. The molecule has 35 heavy (non-hydrogen) atoms. The second-order valence-electron chi connectivity index (χ2n) is 8.91. The molecule has 0 spiro atoms. The molecule has 0 saturated carbocycles. The van der Waals surface area contributed by atoms with Gasteiger partial charge in [-0.3, -0.25) is 24.3 Å². The lowest BCUT2D eigenvalue weighted by molar-refractivity contribution is -0.0768. The van der Waals surface area contributed by atoms with Gasteiger partial charge in [0.05, 0.1) is 31.5 Å². The van der Waals surface area contributed by atoms with Gasteiger partial charge in [-0.15, -0.1) is 0 Å². The summed E-state index contributed by atoms with van der Waals surface area (Å²) in [5.74, 6) is 4.80. The van der Waals surface area contributed by atoms with Crippen LogP contribution in [0, 0.1) is 0 Å². The number of nitrogens with zero attached hydrogens (tertiary/aromatic N) is 4. The van der Waals surface area contributed by atoms with Crippen molar-refractivity contribution >= 4 is 21.8 Å². The maximum atomic E-state index is 13.6. The molecule has 0 aromatic heterocycles. The van der Waals surface area contributed by atoms with Crippen LogP contribution in [0.5, 0.6) is 0 Å². The highest BCUT2D eigenvalue weighted by Gasteiger charge is 2.31. The molecule has 2 saturated heterocycles. The number of piperazine rings is 1. The highest BCUT2D eigenvalue weighted by molar-refractivity contribution is 7.90. The zero-order valence-corrected chi connectivity index (χ0v) is 20.9. The standard InChI is InChI=1S/C24H34N6O4S/c1-27(11-12-28-13-15-29(16-14-28)23-18-34-19-23)35(32,33)30(22-5-3-2-4-6-22)17-20-7-9-21(10-8-20)24(31)26-25/h2-10,23H,11-19,25H2,1H3,(H,26,31). The Balaban J connectivity index is 1.41. The summed E-state index contributed by atoms with van der Waals surface area (Å²) in [7, 11) is -2.16. The third kappa shape index (κ3) is 6.18. The van der Waals surface area contributed by atoms with Crippen molar-refractivity contribution in [2.45, 2.75) is 12.6 Å². The molecule has 2 aliphatic rings. The maximum absolute atomic E-state index is 13.6. The first-order valence-corrected chi connectivity index (χ1v) is 13.2. The lowest BCUT2D eigenvalue weighted by Gasteiger charge is -2.42. The number of hydrazine groups is 1. The van der Waals surface area contributed by atoms with Crippen LogP contribution in [-0.4, -0.2) is 94.0 Å². The third-order valence-electron chi connectivity index (χ3n) is 6.66. The Kier molecular flexibility index (Phi) is 8.37. The Morgan fingerprint density at radius 3 is 2.29 bits per heavy atom. The van der Waals surface area contributed by atoms with E-state index in [4.69, 9.17) is 10.6 Å². The van der Waals surface area contributed by atoms with Gasteiger partial charge in [0.1, 0.15) is 0 Å². The number of likely N-dealkylation sites (N-methyl/N-ethyl adjacent to an activating group) is 1. The molecule has 0 atom stereocenters. The summed E-state index contributed by atoms with van der Waals surface area (Å²) < 4.78 is 35.4. The van der Waals surface area contributed by atoms with Crippen LogP contribution in [0.2, 0.25) is 0 Å². The average molecular weight is 503 g/mol. The van der Waals surface area contributed by atoms with Gasteiger partial charge in [-0.05, 0) is 29.8 Å². The summed E-state index contributed by atoms with van der Waals surface area (Å²) in [6.45, 7) is 6.68. The van der Waals surface area contributed by atoms with E-state index in [9.17, 15) is 13.2 Å². The first-order chi connectivity index (χ1) is 16.9. The molecule has 10 nitrogen and oxygen atoms in total. The van der Waals surface area contributed by atoms with E-state index in [1.54, 1.807) is 43.4 Å². The fourth-order valence-electron chi connectivity index (χ4n) is 4.26. The maximum Gasteiger partial charge on any atom is 0.304 e. The van der Waals surface area contributed by atoms with Crippen LogP contribution in [0.25, 0.3) is 0 Å². The molecule has 0 aliphatic carbocycles. The highest BCUT2D eigenvalue weighted by atomic mass is 32.2. The Labute approximate surface area is 207 Å². The summed E-state index contributed by atoms with van der Waals surface area (Å²) >= 11 is 0. The lowest BCUT2D eigenvalue weighted by Crippen LogP contribution is -2.57. The zero-order chi connectivity index (χ0) is 24.8. The smallest absolute Gasteiger partial charge is 0.304 e.